The molecule has 2 aromatic heterocycles. The first-order chi connectivity index (χ1) is 21.5. The van der Waals surface area contributed by atoms with Gasteiger partial charge in [0.15, 0.2) is 11.0 Å². The van der Waals surface area contributed by atoms with Crippen molar-refractivity contribution >= 4 is 32.8 Å². The predicted octanol–water partition coefficient (Wildman–Crippen LogP) is 9.53. The highest BCUT2D eigenvalue weighted by molar-refractivity contribution is 6.12. The molecule has 8 aromatic rings. The molecule has 0 aliphatic heterocycles. The summed E-state index contributed by atoms with van der Waals surface area (Å²) in [6, 6.07) is 51.0. The minimum atomic E-state index is -0.0619. The number of hydrogen-bond donors (Lipinski definition) is 0. The van der Waals surface area contributed by atoms with E-state index in [0.717, 1.165) is 11.5 Å². The Morgan fingerprint density at radius 3 is 1.91 bits per heavy atom. The lowest BCUT2D eigenvalue weighted by Crippen LogP contribution is -2.30. The standard InChI is InChI=1S/C41H32N3/c1-41(2)34-19-11-10-18-30(34)31-25-33-32-24-27(22-23-36(32)43(39(33)26-35(31)41)28-14-6-4-7-15-28)40-42(3)37-20-12-13-21-38(37)44(40)29-16-8-5-9-17-29/h4-26H,1-3H3/q+1. The van der Waals surface area contributed by atoms with Crippen LogP contribution in [0.25, 0.3) is 66.7 Å². The van der Waals surface area contributed by atoms with Crippen LogP contribution in [0.4, 0.5) is 0 Å². The highest BCUT2D eigenvalue weighted by atomic mass is 15.2. The van der Waals surface area contributed by atoms with Gasteiger partial charge in [0, 0.05) is 21.9 Å². The summed E-state index contributed by atoms with van der Waals surface area (Å²) in [7, 11) is 2.18. The molecule has 0 unspecified atom stereocenters. The Kier molecular flexibility index (Phi) is 5.16. The maximum absolute atomic E-state index is 2.46. The Morgan fingerprint density at radius 2 is 1.14 bits per heavy atom. The SMILES string of the molecule is C[n+]1c(-c2ccc3c(c2)c2cc4c(cc2n3-c2ccccc2)C(C)(C)c2ccccc2-4)n(-c2ccccc2)c2ccccc21. The second kappa shape index (κ2) is 9.05. The van der Waals surface area contributed by atoms with E-state index >= 15 is 0 Å². The minimum absolute atomic E-state index is 0.0619. The molecular formula is C41H32N3+. The molecule has 0 saturated carbocycles. The Hall–Kier alpha value is -5.41. The molecule has 210 valence electrons. The normalized spacial score (nSPS) is 13.5. The fourth-order valence-electron chi connectivity index (χ4n) is 7.68. The van der Waals surface area contributed by atoms with Crippen molar-refractivity contribution in [3.63, 3.8) is 0 Å². The molecule has 1 aliphatic carbocycles. The van der Waals surface area contributed by atoms with Crippen LogP contribution in [0.2, 0.25) is 0 Å². The van der Waals surface area contributed by atoms with Crippen molar-refractivity contribution in [1.29, 1.82) is 0 Å². The topological polar surface area (TPSA) is 13.7 Å². The molecule has 0 bridgehead atoms. The first-order valence-corrected chi connectivity index (χ1v) is 15.4. The second-order valence-corrected chi connectivity index (χ2v) is 12.5. The number of nitrogens with zero attached hydrogens (tertiary/aromatic N) is 3. The van der Waals surface area contributed by atoms with Crippen LogP contribution in [-0.4, -0.2) is 9.13 Å². The number of fused-ring (bicyclic) bond motifs is 7. The van der Waals surface area contributed by atoms with E-state index in [-0.39, 0.29) is 5.41 Å². The molecule has 0 radical (unpaired) electrons. The highest BCUT2D eigenvalue weighted by Gasteiger charge is 2.36. The molecule has 1 aliphatic rings. The molecule has 0 atom stereocenters. The van der Waals surface area contributed by atoms with Crippen molar-refractivity contribution in [2.45, 2.75) is 19.3 Å². The van der Waals surface area contributed by atoms with Crippen molar-refractivity contribution in [3.8, 4) is 33.9 Å². The van der Waals surface area contributed by atoms with Gasteiger partial charge in [0.1, 0.15) is 5.69 Å². The summed E-state index contributed by atoms with van der Waals surface area (Å²) in [6.45, 7) is 4.72. The second-order valence-electron chi connectivity index (χ2n) is 12.5. The zero-order chi connectivity index (χ0) is 29.6. The van der Waals surface area contributed by atoms with Crippen LogP contribution in [0.3, 0.4) is 0 Å². The van der Waals surface area contributed by atoms with E-state index in [4.69, 9.17) is 0 Å². The first kappa shape index (κ1) is 25.1. The van der Waals surface area contributed by atoms with Crippen LogP contribution in [0.15, 0.2) is 140 Å². The Morgan fingerprint density at radius 1 is 0.500 bits per heavy atom. The number of para-hydroxylation sites is 4. The molecule has 3 heteroatoms. The van der Waals surface area contributed by atoms with Gasteiger partial charge in [-0.3, -0.25) is 0 Å². The average molecular weight is 567 g/mol. The molecule has 44 heavy (non-hydrogen) atoms. The van der Waals surface area contributed by atoms with Crippen LogP contribution in [0.5, 0.6) is 0 Å². The molecule has 3 nitrogen and oxygen atoms in total. The van der Waals surface area contributed by atoms with E-state index in [1.54, 1.807) is 0 Å². The summed E-state index contributed by atoms with van der Waals surface area (Å²) in [4.78, 5) is 0. The Balaban J connectivity index is 1.39. The van der Waals surface area contributed by atoms with E-state index < -0.39 is 0 Å². The van der Waals surface area contributed by atoms with Crippen LogP contribution in [-0.2, 0) is 12.5 Å². The number of imidazole rings is 1. The van der Waals surface area contributed by atoms with Crippen molar-refractivity contribution in [2.24, 2.45) is 7.05 Å². The third-order valence-corrected chi connectivity index (χ3v) is 9.77. The van der Waals surface area contributed by atoms with Crippen LogP contribution >= 0.6 is 0 Å². The molecule has 0 saturated heterocycles. The maximum atomic E-state index is 2.46. The average Bonchev–Trinajstić information content (AvgIpc) is 3.63. The summed E-state index contributed by atoms with van der Waals surface area (Å²) in [6.07, 6.45) is 0. The lowest BCUT2D eigenvalue weighted by Gasteiger charge is -2.21. The number of benzene rings is 6. The van der Waals surface area contributed by atoms with Gasteiger partial charge in [-0.05, 0) is 89.0 Å². The molecule has 9 rings (SSSR count). The third-order valence-electron chi connectivity index (χ3n) is 9.77. The molecule has 0 N–H and O–H groups in total. The largest absolute Gasteiger partial charge is 0.309 e. The maximum Gasteiger partial charge on any atom is 0.294 e. The summed E-state index contributed by atoms with van der Waals surface area (Å²) in [5, 5.41) is 2.54. The van der Waals surface area contributed by atoms with Crippen molar-refractivity contribution in [3.05, 3.63) is 151 Å². The summed E-state index contributed by atoms with van der Waals surface area (Å²) < 4.78 is 7.17. The molecular weight excluding hydrogens is 534 g/mol. The lowest BCUT2D eigenvalue weighted by molar-refractivity contribution is -0.633. The number of aryl methyl sites for hydroxylation is 1. The first-order valence-electron chi connectivity index (χ1n) is 15.4. The van der Waals surface area contributed by atoms with Crippen LogP contribution in [0, 0.1) is 0 Å². The summed E-state index contributed by atoms with van der Waals surface area (Å²) >= 11 is 0. The highest BCUT2D eigenvalue weighted by Crippen LogP contribution is 2.51. The van der Waals surface area contributed by atoms with Gasteiger partial charge in [0.05, 0.1) is 23.6 Å². The van der Waals surface area contributed by atoms with E-state index in [1.807, 2.05) is 0 Å². The van der Waals surface area contributed by atoms with Gasteiger partial charge in [-0.1, -0.05) is 86.6 Å². The monoisotopic (exact) mass is 566 g/mol. The van der Waals surface area contributed by atoms with Gasteiger partial charge in [-0.25, -0.2) is 4.57 Å². The zero-order valence-corrected chi connectivity index (χ0v) is 25.1. The molecule has 0 amide bonds. The fourth-order valence-corrected chi connectivity index (χ4v) is 7.68. The van der Waals surface area contributed by atoms with Crippen molar-refractivity contribution in [1.82, 2.24) is 9.13 Å². The van der Waals surface area contributed by atoms with Gasteiger partial charge < -0.3 is 4.57 Å². The minimum Gasteiger partial charge on any atom is -0.309 e. The molecule has 2 heterocycles. The quantitative estimate of drug-likeness (QED) is 0.189. The van der Waals surface area contributed by atoms with E-state index in [9.17, 15) is 0 Å². The molecule has 0 fully saturated rings. The van der Waals surface area contributed by atoms with Gasteiger partial charge in [0.25, 0.3) is 5.82 Å². The fraction of sp³-hybridized carbons (Fsp3) is 0.0976. The zero-order valence-electron chi connectivity index (χ0n) is 25.1. The predicted molar refractivity (Wildman–Crippen MR) is 182 cm³/mol. The lowest BCUT2D eigenvalue weighted by atomic mass is 9.82. The number of aromatic nitrogens is 3. The number of hydrogen-bond acceptors (Lipinski definition) is 0. The van der Waals surface area contributed by atoms with Gasteiger partial charge in [-0.15, -0.1) is 0 Å². The van der Waals surface area contributed by atoms with E-state index in [2.05, 4.69) is 174 Å². The van der Waals surface area contributed by atoms with Crippen molar-refractivity contribution in [2.75, 3.05) is 0 Å². The third kappa shape index (κ3) is 3.35. The Labute approximate surface area is 256 Å². The smallest absolute Gasteiger partial charge is 0.294 e. The summed E-state index contributed by atoms with van der Waals surface area (Å²) in [5.74, 6) is 1.16. The summed E-state index contributed by atoms with van der Waals surface area (Å²) in [5.41, 5.74) is 13.8. The van der Waals surface area contributed by atoms with E-state index in [1.165, 1.54) is 66.3 Å². The molecule has 6 aromatic carbocycles. The van der Waals surface area contributed by atoms with Crippen molar-refractivity contribution < 1.29 is 4.57 Å². The van der Waals surface area contributed by atoms with Gasteiger partial charge >= 0.3 is 0 Å². The van der Waals surface area contributed by atoms with Crippen LogP contribution in [0.1, 0.15) is 25.0 Å². The molecule has 0 spiro atoms. The van der Waals surface area contributed by atoms with Gasteiger partial charge in [-0.2, -0.15) is 4.57 Å². The number of rotatable bonds is 3. The van der Waals surface area contributed by atoms with E-state index in [0.29, 0.717) is 0 Å². The van der Waals surface area contributed by atoms with Crippen LogP contribution < -0.4 is 4.57 Å². The Bertz CT molecular complexity index is 2410. The van der Waals surface area contributed by atoms with Gasteiger partial charge in [0.2, 0.25) is 0 Å².